The van der Waals surface area contributed by atoms with Crippen molar-refractivity contribution in [2.45, 2.75) is 11.7 Å². The van der Waals surface area contributed by atoms with Gasteiger partial charge < -0.3 is 4.42 Å². The van der Waals surface area contributed by atoms with E-state index in [-0.39, 0.29) is 11.2 Å². The SMILES string of the molecule is CSc1nc2c(sc3ccc([N+](=O)[O-])cc32)c(=O)n1Cc1ccco1. The summed E-state index contributed by atoms with van der Waals surface area (Å²) in [5.74, 6) is 0.662. The molecular weight excluding hydrogens is 362 g/mol. The highest BCUT2D eigenvalue weighted by atomic mass is 32.2. The minimum Gasteiger partial charge on any atom is -0.467 e. The number of thioether (sulfide) groups is 1. The summed E-state index contributed by atoms with van der Waals surface area (Å²) in [6.07, 6.45) is 3.40. The fourth-order valence-corrected chi connectivity index (χ4v) is 4.28. The second-order valence-corrected chi connectivity index (χ2v) is 7.11. The molecule has 0 radical (unpaired) electrons. The van der Waals surface area contributed by atoms with E-state index in [1.165, 1.54) is 35.2 Å². The maximum absolute atomic E-state index is 13.0. The Morgan fingerprint density at radius 3 is 2.92 bits per heavy atom. The van der Waals surface area contributed by atoms with Crippen molar-refractivity contribution in [1.29, 1.82) is 0 Å². The first kappa shape index (κ1) is 15.9. The van der Waals surface area contributed by atoms with Crippen molar-refractivity contribution in [2.75, 3.05) is 6.26 Å². The van der Waals surface area contributed by atoms with Gasteiger partial charge in [-0.05, 0) is 24.5 Å². The largest absolute Gasteiger partial charge is 0.467 e. The maximum Gasteiger partial charge on any atom is 0.272 e. The van der Waals surface area contributed by atoms with Gasteiger partial charge in [-0.2, -0.15) is 0 Å². The Labute approximate surface area is 149 Å². The molecule has 0 bridgehead atoms. The molecule has 0 saturated carbocycles. The third kappa shape index (κ3) is 2.61. The average Bonchev–Trinajstić information content (AvgIpc) is 3.24. The molecule has 0 spiro atoms. The molecule has 0 N–H and O–H groups in total. The highest BCUT2D eigenvalue weighted by Crippen LogP contribution is 2.34. The minimum absolute atomic E-state index is 0.0144. The zero-order valence-corrected chi connectivity index (χ0v) is 14.6. The topological polar surface area (TPSA) is 91.2 Å². The quantitative estimate of drug-likeness (QED) is 0.233. The molecule has 3 heterocycles. The smallest absolute Gasteiger partial charge is 0.272 e. The van der Waals surface area contributed by atoms with E-state index in [2.05, 4.69) is 4.98 Å². The lowest BCUT2D eigenvalue weighted by Gasteiger charge is -2.08. The van der Waals surface area contributed by atoms with Crippen LogP contribution in [0.25, 0.3) is 20.3 Å². The molecule has 0 atom stereocenters. The molecule has 3 aromatic heterocycles. The van der Waals surface area contributed by atoms with Crippen LogP contribution in [0.2, 0.25) is 0 Å². The van der Waals surface area contributed by atoms with Gasteiger partial charge in [-0.25, -0.2) is 4.98 Å². The first-order chi connectivity index (χ1) is 12.1. The Bertz CT molecular complexity index is 1160. The van der Waals surface area contributed by atoms with E-state index >= 15 is 0 Å². The van der Waals surface area contributed by atoms with Gasteiger partial charge in [0.2, 0.25) is 0 Å². The van der Waals surface area contributed by atoms with Crippen LogP contribution in [0.3, 0.4) is 0 Å². The lowest BCUT2D eigenvalue weighted by atomic mass is 10.2. The molecule has 4 rings (SSSR count). The van der Waals surface area contributed by atoms with Crippen LogP contribution in [0.4, 0.5) is 5.69 Å². The standard InChI is InChI=1S/C16H11N3O4S2/c1-24-16-17-13-11-7-9(19(21)22)4-5-12(11)25-14(13)15(20)18(16)8-10-3-2-6-23-10/h2-7H,8H2,1H3. The van der Waals surface area contributed by atoms with Gasteiger partial charge in [0, 0.05) is 22.2 Å². The second-order valence-electron chi connectivity index (χ2n) is 5.29. The molecule has 0 aliphatic heterocycles. The van der Waals surface area contributed by atoms with Crippen molar-refractivity contribution in [2.24, 2.45) is 0 Å². The lowest BCUT2D eigenvalue weighted by molar-refractivity contribution is -0.384. The van der Waals surface area contributed by atoms with Crippen LogP contribution < -0.4 is 5.56 Å². The number of aromatic nitrogens is 2. The fraction of sp³-hybridized carbons (Fsp3) is 0.125. The number of nitrogens with zero attached hydrogens (tertiary/aromatic N) is 3. The first-order valence-corrected chi connectivity index (χ1v) is 9.30. The van der Waals surface area contributed by atoms with Gasteiger partial charge in [-0.15, -0.1) is 11.3 Å². The van der Waals surface area contributed by atoms with Crippen LogP contribution in [-0.4, -0.2) is 20.7 Å². The Hall–Kier alpha value is -2.65. The normalized spacial score (nSPS) is 11.4. The van der Waals surface area contributed by atoms with Crippen LogP contribution in [0.1, 0.15) is 5.76 Å². The van der Waals surface area contributed by atoms with Crippen LogP contribution in [0, 0.1) is 10.1 Å². The maximum atomic E-state index is 13.0. The van der Waals surface area contributed by atoms with Gasteiger partial charge in [-0.1, -0.05) is 11.8 Å². The molecule has 0 aliphatic carbocycles. The van der Waals surface area contributed by atoms with Gasteiger partial charge in [0.1, 0.15) is 10.5 Å². The van der Waals surface area contributed by atoms with Crippen molar-refractivity contribution >= 4 is 49.1 Å². The Balaban J connectivity index is 2.00. The Morgan fingerprint density at radius 2 is 2.24 bits per heavy atom. The van der Waals surface area contributed by atoms with E-state index in [1.54, 1.807) is 29.0 Å². The number of benzene rings is 1. The number of nitro benzene ring substituents is 1. The molecule has 126 valence electrons. The number of fused-ring (bicyclic) bond motifs is 3. The lowest BCUT2D eigenvalue weighted by Crippen LogP contribution is -2.22. The monoisotopic (exact) mass is 373 g/mol. The van der Waals surface area contributed by atoms with Gasteiger partial charge >= 0.3 is 0 Å². The molecule has 25 heavy (non-hydrogen) atoms. The fourth-order valence-electron chi connectivity index (χ4n) is 2.66. The third-order valence-electron chi connectivity index (χ3n) is 3.81. The third-order valence-corrected chi connectivity index (χ3v) is 5.64. The van der Waals surface area contributed by atoms with Crippen molar-refractivity contribution in [1.82, 2.24) is 9.55 Å². The number of non-ortho nitro benzene ring substituents is 1. The van der Waals surface area contributed by atoms with Crippen LogP contribution in [0.5, 0.6) is 0 Å². The molecule has 4 aromatic rings. The van der Waals surface area contributed by atoms with Gasteiger partial charge in [-0.3, -0.25) is 19.5 Å². The summed E-state index contributed by atoms with van der Waals surface area (Å²) in [6.45, 7) is 0.291. The molecule has 0 amide bonds. The molecule has 9 heteroatoms. The summed E-state index contributed by atoms with van der Waals surface area (Å²) < 4.78 is 8.19. The van der Waals surface area contributed by atoms with Crippen molar-refractivity contribution in [3.63, 3.8) is 0 Å². The molecule has 0 aliphatic rings. The predicted molar refractivity (Wildman–Crippen MR) is 97.6 cm³/mol. The molecule has 1 aromatic carbocycles. The molecular formula is C16H11N3O4S2. The van der Waals surface area contributed by atoms with E-state index in [1.807, 2.05) is 6.26 Å². The van der Waals surface area contributed by atoms with Crippen LogP contribution in [0.15, 0.2) is 51.0 Å². The number of hydrogen-bond acceptors (Lipinski definition) is 7. The highest BCUT2D eigenvalue weighted by molar-refractivity contribution is 7.98. The highest BCUT2D eigenvalue weighted by Gasteiger charge is 2.18. The predicted octanol–water partition coefficient (Wildman–Crippen LogP) is 3.88. The van der Waals surface area contributed by atoms with Crippen LogP contribution in [-0.2, 0) is 6.54 Å². The zero-order chi connectivity index (χ0) is 17.6. The van der Waals surface area contributed by atoms with Crippen molar-refractivity contribution < 1.29 is 9.34 Å². The summed E-state index contributed by atoms with van der Waals surface area (Å²) in [6, 6.07) is 8.14. The van der Waals surface area contributed by atoms with E-state index in [9.17, 15) is 14.9 Å². The molecule has 0 fully saturated rings. The average molecular weight is 373 g/mol. The number of furan rings is 1. The summed E-state index contributed by atoms with van der Waals surface area (Å²) >= 11 is 2.65. The number of hydrogen-bond donors (Lipinski definition) is 0. The first-order valence-electron chi connectivity index (χ1n) is 7.26. The number of rotatable bonds is 4. The molecule has 0 saturated heterocycles. The number of thiophene rings is 1. The summed E-state index contributed by atoms with van der Waals surface area (Å²) in [4.78, 5) is 28.1. The van der Waals surface area contributed by atoms with E-state index in [0.29, 0.717) is 33.1 Å². The summed E-state index contributed by atoms with van der Waals surface area (Å²) in [5.41, 5.74) is 0.322. The summed E-state index contributed by atoms with van der Waals surface area (Å²) in [7, 11) is 0. The Kier molecular flexibility index (Phi) is 3.81. The van der Waals surface area contributed by atoms with Gasteiger partial charge in [0.25, 0.3) is 11.2 Å². The van der Waals surface area contributed by atoms with Crippen LogP contribution >= 0.6 is 23.1 Å². The minimum atomic E-state index is -0.448. The zero-order valence-electron chi connectivity index (χ0n) is 13.0. The molecule has 7 nitrogen and oxygen atoms in total. The second kappa shape index (κ2) is 6.01. The van der Waals surface area contributed by atoms with Crippen molar-refractivity contribution in [3.05, 3.63) is 62.8 Å². The van der Waals surface area contributed by atoms with E-state index < -0.39 is 4.92 Å². The van der Waals surface area contributed by atoms with E-state index in [0.717, 1.165) is 4.70 Å². The van der Waals surface area contributed by atoms with Gasteiger partial charge in [0.05, 0.1) is 23.2 Å². The number of nitro groups is 1. The summed E-state index contributed by atoms with van der Waals surface area (Å²) in [5, 5.41) is 12.2. The van der Waals surface area contributed by atoms with E-state index in [4.69, 9.17) is 4.42 Å². The molecule has 0 unspecified atom stereocenters. The van der Waals surface area contributed by atoms with Gasteiger partial charge in [0.15, 0.2) is 5.16 Å². The Morgan fingerprint density at radius 1 is 1.40 bits per heavy atom. The van der Waals surface area contributed by atoms with Crippen molar-refractivity contribution in [3.8, 4) is 0 Å².